The van der Waals surface area contributed by atoms with Gasteiger partial charge in [0.15, 0.2) is 0 Å². The number of aliphatic carboxylic acids is 1. The number of piperazine rings is 1. The van der Waals surface area contributed by atoms with Crippen molar-refractivity contribution in [2.75, 3.05) is 19.6 Å². The Morgan fingerprint density at radius 2 is 2.47 bits per heavy atom. The quantitative estimate of drug-likeness (QED) is 0.490. The molecule has 0 bridgehead atoms. The first-order valence-electron chi connectivity index (χ1n) is 4.99. The lowest BCUT2D eigenvalue weighted by molar-refractivity contribution is -0.145. The summed E-state index contributed by atoms with van der Waals surface area (Å²) in [5, 5.41) is 11.5. The molecule has 0 aromatic carbocycles. The largest absolute Gasteiger partial charge is 0.480 e. The molecule has 0 radical (unpaired) electrons. The number of nitrogens with zero attached hydrogens (tertiary/aromatic N) is 1. The summed E-state index contributed by atoms with van der Waals surface area (Å²) in [5.41, 5.74) is 0. The number of carbonyl (C=O) groups excluding carboxylic acids is 1. The van der Waals surface area contributed by atoms with Crippen LogP contribution in [0.4, 0.5) is 0 Å². The third kappa shape index (κ3) is 3.36. The number of nitrogens with one attached hydrogen (secondary N) is 1. The summed E-state index contributed by atoms with van der Waals surface area (Å²) in [6.07, 6.45) is 3.46. The molecule has 0 aliphatic carbocycles. The second kappa shape index (κ2) is 5.50. The topological polar surface area (TPSA) is 69.6 Å². The van der Waals surface area contributed by atoms with Crippen LogP contribution in [0.25, 0.3) is 0 Å². The third-order valence-corrected chi connectivity index (χ3v) is 2.42. The van der Waals surface area contributed by atoms with E-state index in [0.29, 0.717) is 6.54 Å². The van der Waals surface area contributed by atoms with Crippen molar-refractivity contribution >= 4 is 11.9 Å². The fraction of sp³-hybridized carbons (Fsp3) is 0.600. The summed E-state index contributed by atoms with van der Waals surface area (Å²) in [5.74, 6) is -0.986. The third-order valence-electron chi connectivity index (χ3n) is 2.42. The number of amides is 1. The van der Waals surface area contributed by atoms with Gasteiger partial charge in [-0.15, -0.1) is 6.58 Å². The molecule has 5 heteroatoms. The van der Waals surface area contributed by atoms with Crippen LogP contribution in [0.2, 0.25) is 0 Å². The highest BCUT2D eigenvalue weighted by Crippen LogP contribution is 2.06. The van der Waals surface area contributed by atoms with E-state index >= 15 is 0 Å². The molecule has 1 atom stereocenters. The zero-order valence-corrected chi connectivity index (χ0v) is 8.61. The second-order valence-electron chi connectivity index (χ2n) is 3.56. The van der Waals surface area contributed by atoms with Crippen LogP contribution in [0.3, 0.4) is 0 Å². The molecule has 0 aromatic heterocycles. The highest BCUT2D eigenvalue weighted by Gasteiger charge is 2.30. The van der Waals surface area contributed by atoms with Gasteiger partial charge in [0.25, 0.3) is 0 Å². The van der Waals surface area contributed by atoms with Crippen molar-refractivity contribution in [2.24, 2.45) is 0 Å². The Labute approximate surface area is 88.8 Å². The first-order valence-corrected chi connectivity index (χ1v) is 4.99. The number of hydrogen-bond donors (Lipinski definition) is 2. The molecule has 84 valence electrons. The van der Waals surface area contributed by atoms with Gasteiger partial charge < -0.3 is 10.4 Å². The van der Waals surface area contributed by atoms with Crippen LogP contribution < -0.4 is 5.32 Å². The number of hydrogen-bond acceptors (Lipinski definition) is 3. The summed E-state index contributed by atoms with van der Waals surface area (Å²) in [6, 6.07) is -0.590. The summed E-state index contributed by atoms with van der Waals surface area (Å²) in [6.45, 7) is 4.59. The van der Waals surface area contributed by atoms with Crippen molar-refractivity contribution < 1.29 is 14.7 Å². The number of carboxylic acids is 1. The molecule has 1 unspecified atom stereocenters. The van der Waals surface area contributed by atoms with Crippen LogP contribution in [-0.4, -0.2) is 47.6 Å². The molecule has 1 saturated heterocycles. The smallest absolute Gasteiger partial charge is 0.322 e. The monoisotopic (exact) mass is 212 g/mol. The summed E-state index contributed by atoms with van der Waals surface area (Å²) in [4.78, 5) is 23.7. The van der Waals surface area contributed by atoms with Crippen molar-refractivity contribution in [1.82, 2.24) is 10.2 Å². The standard InChI is InChI=1S/C10H16N2O3/c1-2-3-4-5-12-7-9(13)11-6-8(12)10(14)15/h2,8H,1,3-7H2,(H,11,13)(H,14,15). The number of rotatable bonds is 5. The van der Waals surface area contributed by atoms with Crippen LogP contribution in [0.15, 0.2) is 12.7 Å². The maximum atomic E-state index is 11.1. The van der Waals surface area contributed by atoms with Gasteiger partial charge in [-0.2, -0.15) is 0 Å². The average Bonchev–Trinajstić information content (AvgIpc) is 2.18. The van der Waals surface area contributed by atoms with E-state index in [1.54, 1.807) is 11.0 Å². The van der Waals surface area contributed by atoms with Gasteiger partial charge in [-0.1, -0.05) is 6.08 Å². The van der Waals surface area contributed by atoms with Crippen LogP contribution >= 0.6 is 0 Å². The van der Waals surface area contributed by atoms with Gasteiger partial charge in [0.1, 0.15) is 6.04 Å². The van der Waals surface area contributed by atoms with E-state index in [1.807, 2.05) is 0 Å². The van der Waals surface area contributed by atoms with Crippen LogP contribution in [0.1, 0.15) is 12.8 Å². The van der Waals surface area contributed by atoms with E-state index < -0.39 is 12.0 Å². The lowest BCUT2D eigenvalue weighted by atomic mass is 10.1. The summed E-state index contributed by atoms with van der Waals surface area (Å²) in [7, 11) is 0. The molecular weight excluding hydrogens is 196 g/mol. The Kier molecular flexibility index (Phi) is 4.30. The maximum absolute atomic E-state index is 11.1. The Bertz CT molecular complexity index is 265. The molecule has 0 saturated carbocycles. The van der Waals surface area contributed by atoms with Gasteiger partial charge in [0.05, 0.1) is 6.54 Å². The Morgan fingerprint density at radius 1 is 1.73 bits per heavy atom. The van der Waals surface area contributed by atoms with Crippen molar-refractivity contribution in [1.29, 1.82) is 0 Å². The van der Waals surface area contributed by atoms with Crippen molar-refractivity contribution in [3.05, 3.63) is 12.7 Å². The fourth-order valence-electron chi connectivity index (χ4n) is 1.61. The zero-order valence-electron chi connectivity index (χ0n) is 8.61. The van der Waals surface area contributed by atoms with Gasteiger partial charge in [-0.05, 0) is 19.4 Å². The first-order chi connectivity index (χ1) is 7.15. The van der Waals surface area contributed by atoms with Crippen molar-refractivity contribution in [3.63, 3.8) is 0 Å². The number of carbonyl (C=O) groups is 2. The summed E-state index contributed by atoms with van der Waals surface area (Å²) >= 11 is 0. The van der Waals surface area contributed by atoms with Crippen LogP contribution in [0, 0.1) is 0 Å². The van der Waals surface area contributed by atoms with Crippen molar-refractivity contribution in [3.8, 4) is 0 Å². The number of unbranched alkanes of at least 4 members (excludes halogenated alkanes) is 1. The zero-order chi connectivity index (χ0) is 11.3. The molecule has 1 amide bonds. The molecule has 1 aliphatic heterocycles. The van der Waals surface area contributed by atoms with E-state index in [2.05, 4.69) is 11.9 Å². The van der Waals surface area contributed by atoms with Crippen LogP contribution in [-0.2, 0) is 9.59 Å². The Hall–Kier alpha value is -1.36. The molecule has 1 rings (SSSR count). The van der Waals surface area contributed by atoms with Gasteiger partial charge in [-0.25, -0.2) is 0 Å². The maximum Gasteiger partial charge on any atom is 0.322 e. The SMILES string of the molecule is C=CCCCN1CC(=O)NCC1C(=O)O. The average molecular weight is 212 g/mol. The molecule has 0 aromatic rings. The van der Waals surface area contributed by atoms with Crippen LogP contribution in [0.5, 0.6) is 0 Å². The number of carboxylic acid groups (broad SMARTS) is 1. The minimum Gasteiger partial charge on any atom is -0.480 e. The lowest BCUT2D eigenvalue weighted by Gasteiger charge is -2.32. The molecule has 1 fully saturated rings. The normalized spacial score (nSPS) is 22.1. The van der Waals surface area contributed by atoms with Gasteiger partial charge in [-0.3, -0.25) is 14.5 Å². The van der Waals surface area contributed by atoms with Gasteiger partial charge in [0.2, 0.25) is 5.91 Å². The highest BCUT2D eigenvalue weighted by atomic mass is 16.4. The summed E-state index contributed by atoms with van der Waals surface area (Å²) < 4.78 is 0. The van der Waals surface area contributed by atoms with Gasteiger partial charge >= 0.3 is 5.97 Å². The van der Waals surface area contributed by atoms with E-state index in [-0.39, 0.29) is 19.0 Å². The fourth-order valence-corrected chi connectivity index (χ4v) is 1.61. The molecule has 1 aliphatic rings. The van der Waals surface area contributed by atoms with Gasteiger partial charge in [0, 0.05) is 6.54 Å². The second-order valence-corrected chi connectivity index (χ2v) is 3.56. The van der Waals surface area contributed by atoms with E-state index in [4.69, 9.17) is 5.11 Å². The Balaban J connectivity index is 2.50. The molecule has 1 heterocycles. The minimum absolute atomic E-state index is 0.105. The van der Waals surface area contributed by atoms with E-state index in [1.165, 1.54) is 0 Å². The predicted molar refractivity (Wildman–Crippen MR) is 55.4 cm³/mol. The molecule has 2 N–H and O–H groups in total. The molecule has 15 heavy (non-hydrogen) atoms. The Morgan fingerprint density at radius 3 is 3.07 bits per heavy atom. The number of allylic oxidation sites excluding steroid dienone is 1. The van der Waals surface area contributed by atoms with E-state index in [0.717, 1.165) is 12.8 Å². The molecule has 5 nitrogen and oxygen atoms in total. The lowest BCUT2D eigenvalue weighted by Crippen LogP contribution is -2.57. The minimum atomic E-state index is -0.881. The van der Waals surface area contributed by atoms with E-state index in [9.17, 15) is 9.59 Å². The first kappa shape index (κ1) is 11.7. The predicted octanol–water partition coefficient (Wildman–Crippen LogP) is -0.162. The molecule has 0 spiro atoms. The van der Waals surface area contributed by atoms with Crippen molar-refractivity contribution in [2.45, 2.75) is 18.9 Å². The molecular formula is C10H16N2O3. The highest BCUT2D eigenvalue weighted by molar-refractivity contribution is 5.83.